The van der Waals surface area contributed by atoms with Crippen LogP contribution in [0.1, 0.15) is 137 Å². The van der Waals surface area contributed by atoms with E-state index in [9.17, 15) is 127 Å². The van der Waals surface area contributed by atoms with Gasteiger partial charge >= 0.3 is 59.4 Å². The fourth-order valence-electron chi connectivity index (χ4n) is 19.8. The van der Waals surface area contributed by atoms with E-state index in [-0.39, 0.29) is 192 Å². The number of nitrogens with one attached hydrogen (secondary N) is 6. The van der Waals surface area contributed by atoms with Gasteiger partial charge < -0.3 is 117 Å². The average molecular weight is 1940 g/mol. The SMILES string of the molecule is CC(=N)N1CCC(SC2=C(C(=O)O)N3C(=O)[C@H]([C@@H](C)O)[C@H]3C2)C1.C[C@@H](O)[C@H]1C(=O)N2C(C(=O)O)=C(SC3CNC(C(=O)N(C)C)C3)[C@H](C)[C@H]12.C[C@@H](O)[C@H]1C(=O)N2C(C(=O)O)=C(SC3CNC(C(=O)Nc4cccc(C(=O)[O-])c4)C3)[C@H](C)[C@H]12.C[C@@H](O)[C@H]1C(=O)N2C(C(=O)O)=C(SCCCC=N)C[C@H]12.C[C@@H](O)[C@H]1C(=O)N2C(C(=O)O)=C(S[C@@H]3CC[C@H](CNS(N)(=O)=O)C3)[C@H](C)[C@H]12.[Na+]. The number of unbranched alkanes of at least 4 members (excludes halogenated alkanes) is 1. The van der Waals surface area contributed by atoms with Crippen molar-refractivity contribution in [3.05, 3.63) is 82.8 Å². The van der Waals surface area contributed by atoms with E-state index in [1.54, 1.807) is 59.7 Å². The number of carbonyl (C=O) groups is 13. The minimum Gasteiger partial charge on any atom is -0.545 e. The number of aliphatic carboxylic acids is 5. The molecule has 47 heteroatoms. The summed E-state index contributed by atoms with van der Waals surface area (Å²) in [5.41, 5.74) is 0.503. The number of likely N-dealkylation sites (tertiary alicyclic amines) is 1. The van der Waals surface area contributed by atoms with Crippen LogP contribution in [0.25, 0.3) is 0 Å². The molecule has 1 aromatic carbocycles. The van der Waals surface area contributed by atoms with Gasteiger partial charge in [0, 0.05) is 129 Å². The monoisotopic (exact) mass is 1940 g/mol. The van der Waals surface area contributed by atoms with Crippen molar-refractivity contribution in [1.29, 1.82) is 10.8 Å². The molecule has 0 radical (unpaired) electrons. The van der Waals surface area contributed by atoms with Gasteiger partial charge in [-0.2, -0.15) is 8.42 Å². The van der Waals surface area contributed by atoms with Crippen LogP contribution >= 0.6 is 58.8 Å². The first-order chi connectivity index (χ1) is 60.5. The third-order valence-electron chi connectivity index (χ3n) is 26.0. The van der Waals surface area contributed by atoms with Crippen LogP contribution in [0.5, 0.6) is 0 Å². The normalized spacial score (nSPS) is 31.2. The van der Waals surface area contributed by atoms with Gasteiger partial charge in [-0.25, -0.2) is 33.8 Å². The molecule has 1 aliphatic carbocycles. The number of carboxylic acid groups (broad SMARTS) is 6. The predicted molar refractivity (Wildman–Crippen MR) is 474 cm³/mol. The Morgan fingerprint density at radius 3 is 1.40 bits per heavy atom. The molecule has 1 aromatic rings. The summed E-state index contributed by atoms with van der Waals surface area (Å²) in [5, 5.41) is 137. The number of carbonyl (C=O) groups excluding carboxylic acids is 8. The van der Waals surface area contributed by atoms with E-state index in [1.165, 1.54) is 115 Å². The number of rotatable bonds is 30. The number of benzene rings is 1. The number of fused-ring (bicyclic) bond motifs is 5. The summed E-state index contributed by atoms with van der Waals surface area (Å²) in [7, 11) is -0.299. The van der Waals surface area contributed by atoms with Gasteiger partial charge in [0.15, 0.2) is 0 Å². The van der Waals surface area contributed by atoms with Crippen LogP contribution in [-0.2, 0) is 67.7 Å². The Balaban J connectivity index is 0.000000170. The number of amidine groups is 1. The maximum atomic E-state index is 12.7. The molecular weight excluding hydrogens is 1820 g/mol. The van der Waals surface area contributed by atoms with E-state index in [0.717, 1.165) is 55.9 Å². The molecule has 130 heavy (non-hydrogen) atoms. The second-order valence-corrected chi connectivity index (χ2v) is 43.0. The molecule has 0 spiro atoms. The number of aromatic carboxylic acids is 1. The second-order valence-electron chi connectivity index (χ2n) is 35.0. The topological polar surface area (TPSA) is 626 Å². The number of carboxylic acids is 6. The number of nitrogens with zero attached hydrogens (tertiary/aromatic N) is 7. The zero-order chi connectivity index (χ0) is 95.2. The first-order valence-electron chi connectivity index (χ1n) is 42.6. The molecule has 0 aromatic heterocycles. The summed E-state index contributed by atoms with van der Waals surface area (Å²) in [4.78, 5) is 169. The summed E-state index contributed by atoms with van der Waals surface area (Å²) in [6, 6.07) is 3.55. The van der Waals surface area contributed by atoms with E-state index in [1.807, 2.05) is 25.7 Å². The molecular formula is C83H113N14NaO26S6. The molecule has 7 amide bonds. The molecule has 18 N–H and O–H groups in total. The minimum absolute atomic E-state index is 0. The Morgan fingerprint density at radius 1 is 0.585 bits per heavy atom. The number of amides is 7. The first-order valence-corrected chi connectivity index (χ1v) is 48.7. The van der Waals surface area contributed by atoms with Gasteiger partial charge in [-0.3, -0.25) is 39.0 Å². The molecule has 15 rings (SSSR count). The van der Waals surface area contributed by atoms with Crippen LogP contribution in [0.15, 0.2) is 77.3 Å². The van der Waals surface area contributed by atoms with Gasteiger partial charge in [-0.1, -0.05) is 32.9 Å². The number of hydrogen-bond donors (Lipinski definition) is 17. The van der Waals surface area contributed by atoms with Crippen LogP contribution in [0.4, 0.5) is 5.69 Å². The van der Waals surface area contributed by atoms with Gasteiger partial charge in [0.2, 0.25) is 41.4 Å². The molecule has 14 aliphatic rings. The first kappa shape index (κ1) is 105. The number of nitrogens with two attached hydrogens (primary N) is 1. The summed E-state index contributed by atoms with van der Waals surface area (Å²) in [5.74, 6) is -10.7. The Hall–Kier alpha value is -7.49. The van der Waals surface area contributed by atoms with Gasteiger partial charge in [0.05, 0.1) is 114 Å². The van der Waals surface area contributed by atoms with Crippen molar-refractivity contribution in [2.24, 2.45) is 58.4 Å². The van der Waals surface area contributed by atoms with Gasteiger partial charge in [0.1, 0.15) is 28.5 Å². The molecule has 25 atom stereocenters. The molecule has 8 saturated heterocycles. The van der Waals surface area contributed by atoms with Crippen LogP contribution in [-0.4, -0.2) is 329 Å². The molecule has 5 unspecified atom stereocenters. The van der Waals surface area contributed by atoms with Crippen LogP contribution in [0.2, 0.25) is 0 Å². The van der Waals surface area contributed by atoms with Crippen LogP contribution in [0.3, 0.4) is 0 Å². The number of aliphatic hydroxyl groups is 5. The quantitative estimate of drug-likeness (QED) is 0.0129. The van der Waals surface area contributed by atoms with Gasteiger partial charge in [-0.15, -0.1) is 58.8 Å². The van der Waals surface area contributed by atoms with Crippen molar-refractivity contribution >= 4 is 164 Å². The summed E-state index contributed by atoms with van der Waals surface area (Å²) in [6.45, 7) is 18.1. The number of hydrogen-bond acceptors (Lipinski definition) is 30. The molecule has 9 fully saturated rings. The number of anilines is 1. The zero-order valence-corrected chi connectivity index (χ0v) is 80.7. The van der Waals surface area contributed by atoms with Crippen molar-refractivity contribution in [2.75, 3.05) is 57.9 Å². The molecule has 1 saturated carbocycles. The van der Waals surface area contributed by atoms with Gasteiger partial charge in [0.25, 0.3) is 10.2 Å². The minimum atomic E-state index is -3.72. The average Bonchev–Trinajstić information content (AvgIpc) is 1.59. The maximum absolute atomic E-state index is 12.7. The fourth-order valence-corrected chi connectivity index (χ4v) is 27.4. The van der Waals surface area contributed by atoms with Crippen LogP contribution in [0, 0.1) is 64.1 Å². The Morgan fingerprint density at radius 2 is 1.00 bits per heavy atom. The molecule has 0 bridgehead atoms. The molecule has 13 heterocycles. The number of aliphatic hydroxyl groups excluding tert-OH is 5. The molecule has 708 valence electrons. The number of thioether (sulfide) groups is 5. The number of likely N-dealkylation sites (N-methyl/N-ethyl adjacent to an activating group) is 1. The summed E-state index contributed by atoms with van der Waals surface area (Å²) >= 11 is 7.24. The van der Waals surface area contributed by atoms with Crippen molar-refractivity contribution in [2.45, 2.75) is 220 Å². The third-order valence-corrected chi connectivity index (χ3v) is 33.7. The molecule has 40 nitrogen and oxygen atoms in total. The fraction of sp³-hybridized carbons (Fsp3) is 0.627. The maximum Gasteiger partial charge on any atom is 1.00 e. The smallest absolute Gasteiger partial charge is 0.545 e. The van der Waals surface area contributed by atoms with E-state index in [2.05, 4.69) is 20.7 Å². The zero-order valence-electron chi connectivity index (χ0n) is 73.8. The summed E-state index contributed by atoms with van der Waals surface area (Å²) in [6.07, 6.45) is 4.19. The van der Waals surface area contributed by atoms with Crippen molar-refractivity contribution in [3.63, 3.8) is 0 Å². The summed E-state index contributed by atoms with van der Waals surface area (Å²) < 4.78 is 24.4. The van der Waals surface area contributed by atoms with Crippen molar-refractivity contribution < 1.29 is 156 Å². The van der Waals surface area contributed by atoms with Crippen LogP contribution < -0.4 is 60.5 Å². The Labute approximate surface area is 794 Å². The Bertz CT molecular complexity index is 4970. The van der Waals surface area contributed by atoms with E-state index < -0.39 is 112 Å². The van der Waals surface area contributed by atoms with Crippen molar-refractivity contribution in [3.8, 4) is 0 Å². The van der Waals surface area contributed by atoms with Crippen molar-refractivity contribution in [1.82, 2.24) is 49.7 Å². The third kappa shape index (κ3) is 21.6. The Kier molecular flexibility index (Phi) is 34.6. The van der Waals surface area contributed by atoms with E-state index in [4.69, 9.17) is 16.0 Å². The standard InChI is InChI=1S/C22H25N3O7S.C17H25N3O5S.C16H25N3O6S2.C15H21N3O4S.C13H18N2O4S.Na/c1-9-16-15(10(2)26)20(28)25(16)17(22(31)32)18(9)33-13-7-14(23-8-13)19(27)24-12-5-3-4-11(6-12)21(29)30;1-7-12-11(8(2)21)16(23)20(12)13(17(24)25)14(7)26-9-5-10(18-6-9)15(22)19(3)4;1-7-12-11(8(2)20)15(21)19(12)13(16(22)23)14(7)26-10-4-3-9(5-10)6-18-27(17,24)25;1-7(19)12-10-5-11(13(15(21)22)18(10)14(12)20)23-9-3-4-17(6-9)8(2)16;1-7(16)10-8-6-9(20-5-3-2-4-14)11(13(18)19)15(8)12(10)17;/h3-6,9-10,13-16,23,26H,7-8H2,1-2H3,(H,24,27)(H,29,30)(H,31,32);7-12,18,21H,5-6H2,1-4H3,(H,24,25);7-12,18,20H,3-6H2,1-2H3,(H,22,23)(H2,17,24,25);7,9-10,12,16,19H,3-6H2,1-2H3,(H,21,22);4,7-8,10,14,16H,2-3,5-6H2,1H3,(H,18,19);/q;;;;;+1/p-1/t9-,10-,13?,14?,15-,16-;7-,8-,9?,10?,11-,12-;7-,8-,9+,10-,11-,12-;7-,9?,10-,12-;7-,8-,10-;/m11111./s1. The molecule has 13 aliphatic heterocycles. The second kappa shape index (κ2) is 43.0. The predicted octanol–water partition coefficient (Wildman–Crippen LogP) is -2.11. The largest absolute Gasteiger partial charge is 1.00 e. The number of β-lactam (4-membered cyclic amide) rings is 5. The van der Waals surface area contributed by atoms with Gasteiger partial charge in [-0.05, 0) is 128 Å². The van der Waals surface area contributed by atoms with E-state index >= 15 is 0 Å². The van der Waals surface area contributed by atoms with E-state index in [0.29, 0.717) is 76.3 Å².